The van der Waals surface area contributed by atoms with Gasteiger partial charge in [0, 0.05) is 38.0 Å². The van der Waals surface area contributed by atoms with Crippen molar-refractivity contribution in [2.45, 2.75) is 31.8 Å². The normalized spacial score (nSPS) is 24.5. The highest BCUT2D eigenvalue weighted by atomic mass is 32.2. The van der Waals surface area contributed by atoms with Crippen LogP contribution < -0.4 is 5.32 Å². The highest BCUT2D eigenvalue weighted by molar-refractivity contribution is 7.90. The molecule has 0 aromatic heterocycles. The number of rotatable bonds is 7. The second-order valence-corrected chi connectivity index (χ2v) is 8.05. The number of nitrogens with zero attached hydrogens (tertiary/aromatic N) is 2. The first kappa shape index (κ1) is 16.9. The van der Waals surface area contributed by atoms with E-state index in [1.165, 1.54) is 6.26 Å². The number of sulfone groups is 1. The quantitative estimate of drug-likeness (QED) is 0.717. The number of hydrogen-bond acceptors (Lipinski definition) is 5. The first-order chi connectivity index (χ1) is 8.83. The van der Waals surface area contributed by atoms with Gasteiger partial charge in [-0.25, -0.2) is 8.42 Å². The zero-order chi connectivity index (χ0) is 14.5. The SMILES string of the molecule is CCCNC(CCS(C)(=O)=O)C1CN(C)CCN1C. The minimum Gasteiger partial charge on any atom is -0.312 e. The van der Waals surface area contributed by atoms with E-state index in [1.54, 1.807) is 0 Å². The lowest BCUT2D eigenvalue weighted by atomic mass is 10.0. The maximum atomic E-state index is 11.4. The molecule has 1 fully saturated rings. The van der Waals surface area contributed by atoms with Crippen molar-refractivity contribution in [1.29, 1.82) is 0 Å². The van der Waals surface area contributed by atoms with E-state index in [9.17, 15) is 8.42 Å². The summed E-state index contributed by atoms with van der Waals surface area (Å²) >= 11 is 0. The monoisotopic (exact) mass is 291 g/mol. The zero-order valence-electron chi connectivity index (χ0n) is 12.7. The van der Waals surface area contributed by atoms with Crippen LogP contribution in [-0.4, -0.2) is 82.6 Å². The van der Waals surface area contributed by atoms with Gasteiger partial charge in [0.15, 0.2) is 0 Å². The molecule has 0 bridgehead atoms. The van der Waals surface area contributed by atoms with E-state index < -0.39 is 9.84 Å². The molecule has 19 heavy (non-hydrogen) atoms. The second-order valence-electron chi connectivity index (χ2n) is 5.79. The first-order valence-electron chi connectivity index (χ1n) is 7.13. The van der Waals surface area contributed by atoms with Crippen LogP contribution in [0.4, 0.5) is 0 Å². The Morgan fingerprint density at radius 2 is 2.00 bits per heavy atom. The summed E-state index contributed by atoms with van der Waals surface area (Å²) in [7, 11) is 1.38. The lowest BCUT2D eigenvalue weighted by Gasteiger charge is -2.42. The Hall–Kier alpha value is -0.170. The van der Waals surface area contributed by atoms with Crippen LogP contribution in [0.5, 0.6) is 0 Å². The maximum Gasteiger partial charge on any atom is 0.147 e. The van der Waals surface area contributed by atoms with Crippen LogP contribution in [0, 0.1) is 0 Å². The van der Waals surface area contributed by atoms with Crippen molar-refractivity contribution in [3.63, 3.8) is 0 Å². The molecule has 1 saturated heterocycles. The van der Waals surface area contributed by atoms with Gasteiger partial charge in [-0.1, -0.05) is 6.92 Å². The van der Waals surface area contributed by atoms with E-state index >= 15 is 0 Å². The van der Waals surface area contributed by atoms with Crippen molar-refractivity contribution in [3.8, 4) is 0 Å². The van der Waals surface area contributed by atoms with Crippen LogP contribution in [0.1, 0.15) is 19.8 Å². The molecule has 0 aromatic carbocycles. The number of likely N-dealkylation sites (N-methyl/N-ethyl adjacent to an activating group) is 2. The maximum absolute atomic E-state index is 11.4. The minimum atomic E-state index is -2.89. The van der Waals surface area contributed by atoms with Crippen LogP contribution in [0.2, 0.25) is 0 Å². The molecule has 0 radical (unpaired) electrons. The van der Waals surface area contributed by atoms with Gasteiger partial charge >= 0.3 is 0 Å². The Balaban J connectivity index is 2.65. The van der Waals surface area contributed by atoms with Gasteiger partial charge in [-0.2, -0.15) is 0 Å². The average Bonchev–Trinajstić information content (AvgIpc) is 2.32. The molecule has 0 saturated carbocycles. The smallest absolute Gasteiger partial charge is 0.147 e. The summed E-state index contributed by atoms with van der Waals surface area (Å²) in [4.78, 5) is 4.68. The molecule has 1 aliphatic heterocycles. The molecule has 0 aliphatic carbocycles. The Kier molecular flexibility index (Phi) is 6.73. The topological polar surface area (TPSA) is 52.7 Å². The van der Waals surface area contributed by atoms with Crippen molar-refractivity contribution in [3.05, 3.63) is 0 Å². The van der Waals surface area contributed by atoms with E-state index in [1.807, 2.05) is 0 Å². The van der Waals surface area contributed by atoms with Crippen LogP contribution in [0.25, 0.3) is 0 Å². The van der Waals surface area contributed by atoms with Crippen molar-refractivity contribution >= 4 is 9.84 Å². The van der Waals surface area contributed by atoms with E-state index in [2.05, 4.69) is 36.1 Å². The molecular weight excluding hydrogens is 262 g/mol. The molecule has 0 aromatic rings. The van der Waals surface area contributed by atoms with Gasteiger partial charge in [-0.15, -0.1) is 0 Å². The van der Waals surface area contributed by atoms with Crippen LogP contribution in [0.3, 0.4) is 0 Å². The Morgan fingerprint density at radius 3 is 2.58 bits per heavy atom. The lowest BCUT2D eigenvalue weighted by molar-refractivity contribution is 0.0868. The molecule has 0 spiro atoms. The van der Waals surface area contributed by atoms with Gasteiger partial charge in [-0.05, 0) is 33.5 Å². The van der Waals surface area contributed by atoms with Crippen molar-refractivity contribution < 1.29 is 8.42 Å². The predicted octanol–water partition coefficient (Wildman–Crippen LogP) is 0.0351. The third-order valence-electron chi connectivity index (χ3n) is 3.82. The highest BCUT2D eigenvalue weighted by Gasteiger charge is 2.29. The Bertz CT molecular complexity index is 359. The van der Waals surface area contributed by atoms with Crippen molar-refractivity contribution in [2.24, 2.45) is 0 Å². The third kappa shape index (κ3) is 6.21. The Morgan fingerprint density at radius 1 is 1.32 bits per heavy atom. The standard InChI is InChI=1S/C13H29N3O2S/c1-5-7-14-12(6-10-19(4,17)18)13-11-15(2)8-9-16(13)3/h12-14H,5-11H2,1-4H3. The molecule has 1 aliphatic rings. The van der Waals surface area contributed by atoms with E-state index in [-0.39, 0.29) is 11.8 Å². The summed E-state index contributed by atoms with van der Waals surface area (Å²) < 4.78 is 22.8. The van der Waals surface area contributed by atoms with Gasteiger partial charge in [0.05, 0.1) is 5.75 Å². The summed E-state index contributed by atoms with van der Waals surface area (Å²) in [6.07, 6.45) is 3.09. The van der Waals surface area contributed by atoms with Gasteiger partial charge in [0.25, 0.3) is 0 Å². The molecule has 1 rings (SSSR count). The van der Waals surface area contributed by atoms with Crippen molar-refractivity contribution in [1.82, 2.24) is 15.1 Å². The summed E-state index contributed by atoms with van der Waals surface area (Å²) in [6, 6.07) is 0.648. The fourth-order valence-corrected chi connectivity index (χ4v) is 3.26. The summed E-state index contributed by atoms with van der Waals surface area (Å²) in [5, 5.41) is 3.53. The summed E-state index contributed by atoms with van der Waals surface area (Å²) in [5.41, 5.74) is 0. The first-order valence-corrected chi connectivity index (χ1v) is 9.19. The molecule has 1 heterocycles. The van der Waals surface area contributed by atoms with Gasteiger partial charge in [0.2, 0.25) is 0 Å². The van der Waals surface area contributed by atoms with Crippen LogP contribution in [-0.2, 0) is 9.84 Å². The largest absolute Gasteiger partial charge is 0.312 e. The van der Waals surface area contributed by atoms with Gasteiger partial charge in [0.1, 0.15) is 9.84 Å². The zero-order valence-corrected chi connectivity index (χ0v) is 13.5. The molecule has 2 atom stereocenters. The summed E-state index contributed by atoms with van der Waals surface area (Å²) in [6.45, 7) is 6.21. The van der Waals surface area contributed by atoms with Gasteiger partial charge in [-0.3, -0.25) is 4.90 Å². The Labute approximate surface area is 118 Å². The molecule has 114 valence electrons. The molecule has 2 unspecified atom stereocenters. The van der Waals surface area contributed by atoms with E-state index in [0.717, 1.165) is 32.6 Å². The molecule has 6 heteroatoms. The number of hydrogen-bond donors (Lipinski definition) is 1. The third-order valence-corrected chi connectivity index (χ3v) is 4.80. The fraction of sp³-hybridized carbons (Fsp3) is 1.00. The number of nitrogens with one attached hydrogen (secondary N) is 1. The van der Waals surface area contributed by atoms with Crippen molar-refractivity contribution in [2.75, 3.05) is 52.3 Å². The van der Waals surface area contributed by atoms with Gasteiger partial charge < -0.3 is 10.2 Å². The van der Waals surface area contributed by atoms with E-state index in [0.29, 0.717) is 12.5 Å². The van der Waals surface area contributed by atoms with E-state index in [4.69, 9.17) is 0 Å². The molecule has 0 amide bonds. The summed E-state index contributed by atoms with van der Waals surface area (Å²) in [5.74, 6) is 0.266. The predicted molar refractivity (Wildman–Crippen MR) is 80.3 cm³/mol. The number of piperazine rings is 1. The molecular formula is C13H29N3O2S. The molecule has 5 nitrogen and oxygen atoms in total. The second kappa shape index (κ2) is 7.57. The molecule has 1 N–H and O–H groups in total. The highest BCUT2D eigenvalue weighted by Crippen LogP contribution is 2.13. The van der Waals surface area contributed by atoms with Crippen LogP contribution >= 0.6 is 0 Å². The average molecular weight is 291 g/mol. The fourth-order valence-electron chi connectivity index (χ4n) is 2.58. The van der Waals surface area contributed by atoms with Crippen LogP contribution in [0.15, 0.2) is 0 Å². The lowest BCUT2D eigenvalue weighted by Crippen LogP contribution is -2.59. The minimum absolute atomic E-state index is 0.252.